The number of hydrogen-bond donors (Lipinski definition) is 2. The molecule has 20 heavy (non-hydrogen) atoms. The molecule has 0 aromatic heterocycles. The molecule has 2 N–H and O–H groups in total. The van der Waals surface area contributed by atoms with Crippen LogP contribution >= 0.6 is 0 Å². The van der Waals surface area contributed by atoms with Gasteiger partial charge in [-0.1, -0.05) is 6.07 Å². The second-order valence-electron chi connectivity index (χ2n) is 4.71. The number of halogens is 2. The average molecular weight is 287 g/mol. The lowest BCUT2D eigenvalue weighted by Crippen LogP contribution is -2.39. The average Bonchev–Trinajstić information content (AvgIpc) is 2.35. The molecule has 112 valence electrons. The van der Waals surface area contributed by atoms with Crippen molar-refractivity contribution in [1.82, 2.24) is 5.32 Å². The Labute approximate surface area is 116 Å². The summed E-state index contributed by atoms with van der Waals surface area (Å²) in [7, 11) is 0. The van der Waals surface area contributed by atoms with Crippen LogP contribution in [-0.2, 0) is 4.79 Å². The Morgan fingerprint density at radius 3 is 2.45 bits per heavy atom. The van der Waals surface area contributed by atoms with Crippen molar-refractivity contribution in [2.45, 2.75) is 26.2 Å². The van der Waals surface area contributed by atoms with Gasteiger partial charge in [0.15, 0.2) is 0 Å². The second kappa shape index (κ2) is 7.19. The van der Waals surface area contributed by atoms with E-state index in [1.54, 1.807) is 0 Å². The van der Waals surface area contributed by atoms with Crippen LogP contribution in [0.3, 0.4) is 0 Å². The van der Waals surface area contributed by atoms with E-state index in [0.29, 0.717) is 5.75 Å². The predicted octanol–water partition coefficient (Wildman–Crippen LogP) is 1.82. The molecule has 1 aromatic rings. The van der Waals surface area contributed by atoms with Gasteiger partial charge in [0.05, 0.1) is 19.6 Å². The van der Waals surface area contributed by atoms with Gasteiger partial charge in [0.1, 0.15) is 12.4 Å². The highest BCUT2D eigenvalue weighted by atomic mass is 19.3. The van der Waals surface area contributed by atoms with Gasteiger partial charge in [-0.3, -0.25) is 4.79 Å². The van der Waals surface area contributed by atoms with E-state index >= 15 is 0 Å². The fourth-order valence-corrected chi connectivity index (χ4v) is 1.65. The molecule has 0 saturated heterocycles. The summed E-state index contributed by atoms with van der Waals surface area (Å²) in [4.78, 5) is 11.3. The number of carbonyl (C=O) groups is 1. The summed E-state index contributed by atoms with van der Waals surface area (Å²) in [6.45, 7) is 1.82. The Hall–Kier alpha value is -1.69. The van der Waals surface area contributed by atoms with Crippen LogP contribution in [-0.4, -0.2) is 36.7 Å². The standard InChI is InChI=1S/C14H19F2NO3/c1-10-5-11(2)7-12(6-10)20-4-3-13(19)17-8-14(15,16)9-18/h5-7,18H,3-4,8-9H2,1-2H3,(H,17,19). The first kappa shape index (κ1) is 16.4. The smallest absolute Gasteiger partial charge is 0.287 e. The van der Waals surface area contributed by atoms with Gasteiger partial charge >= 0.3 is 0 Å². The molecule has 0 aliphatic heterocycles. The summed E-state index contributed by atoms with van der Waals surface area (Å²) in [5, 5.41) is 10.4. The lowest BCUT2D eigenvalue weighted by atomic mass is 10.1. The van der Waals surface area contributed by atoms with Crippen molar-refractivity contribution < 1.29 is 23.4 Å². The van der Waals surface area contributed by atoms with Crippen molar-refractivity contribution in [2.75, 3.05) is 19.8 Å². The van der Waals surface area contributed by atoms with Crippen LogP contribution < -0.4 is 10.1 Å². The summed E-state index contributed by atoms with van der Waals surface area (Å²) in [6, 6.07) is 5.67. The zero-order valence-corrected chi connectivity index (χ0v) is 11.6. The Balaban J connectivity index is 2.31. The van der Waals surface area contributed by atoms with Crippen molar-refractivity contribution >= 4 is 5.91 Å². The maximum atomic E-state index is 12.7. The van der Waals surface area contributed by atoms with Crippen LogP contribution in [0.2, 0.25) is 0 Å². The fourth-order valence-electron chi connectivity index (χ4n) is 1.65. The van der Waals surface area contributed by atoms with Crippen LogP contribution in [0.5, 0.6) is 5.75 Å². The van der Waals surface area contributed by atoms with Gasteiger partial charge in [0.2, 0.25) is 5.91 Å². The molecule has 1 aromatic carbocycles. The summed E-state index contributed by atoms with van der Waals surface area (Å²) in [6.07, 6.45) is -0.0193. The lowest BCUT2D eigenvalue weighted by Gasteiger charge is -2.14. The number of aliphatic hydroxyl groups is 1. The Kier molecular flexibility index (Phi) is 5.88. The molecule has 0 saturated carbocycles. The topological polar surface area (TPSA) is 58.6 Å². The van der Waals surface area contributed by atoms with Gasteiger partial charge in [-0.05, 0) is 37.1 Å². The minimum atomic E-state index is -3.29. The maximum absolute atomic E-state index is 12.7. The molecule has 0 heterocycles. The van der Waals surface area contributed by atoms with Crippen molar-refractivity contribution in [3.05, 3.63) is 29.3 Å². The first-order valence-electron chi connectivity index (χ1n) is 6.29. The quantitative estimate of drug-likeness (QED) is 0.804. The molecule has 4 nitrogen and oxygen atoms in total. The Morgan fingerprint density at radius 1 is 1.30 bits per heavy atom. The fraction of sp³-hybridized carbons (Fsp3) is 0.500. The van der Waals surface area contributed by atoms with Gasteiger partial charge in [-0.25, -0.2) is 8.78 Å². The highest BCUT2D eigenvalue weighted by Crippen LogP contribution is 2.16. The second-order valence-corrected chi connectivity index (χ2v) is 4.71. The number of hydrogen-bond acceptors (Lipinski definition) is 3. The highest BCUT2D eigenvalue weighted by Gasteiger charge is 2.27. The van der Waals surface area contributed by atoms with Gasteiger partial charge in [-0.15, -0.1) is 0 Å². The summed E-state index contributed by atoms with van der Waals surface area (Å²) in [5.41, 5.74) is 2.10. The van der Waals surface area contributed by atoms with E-state index in [-0.39, 0.29) is 13.0 Å². The molecule has 0 bridgehead atoms. The third-order valence-corrected chi connectivity index (χ3v) is 2.57. The lowest BCUT2D eigenvalue weighted by molar-refractivity contribution is -0.124. The number of amides is 1. The summed E-state index contributed by atoms with van der Waals surface area (Å²) in [5.74, 6) is -3.18. The summed E-state index contributed by atoms with van der Waals surface area (Å²) >= 11 is 0. The number of ether oxygens (including phenoxy) is 1. The van der Waals surface area contributed by atoms with Crippen LogP contribution in [0.25, 0.3) is 0 Å². The van der Waals surface area contributed by atoms with Gasteiger partial charge in [0.25, 0.3) is 5.92 Å². The summed E-state index contributed by atoms with van der Waals surface area (Å²) < 4.78 is 30.8. The van der Waals surface area contributed by atoms with Crippen LogP contribution in [0.15, 0.2) is 18.2 Å². The van der Waals surface area contributed by atoms with E-state index in [0.717, 1.165) is 11.1 Å². The Morgan fingerprint density at radius 2 is 1.90 bits per heavy atom. The van der Waals surface area contributed by atoms with Gasteiger partial charge in [0, 0.05) is 0 Å². The third-order valence-electron chi connectivity index (χ3n) is 2.57. The minimum absolute atomic E-state index is 0.0193. The van der Waals surface area contributed by atoms with E-state index in [1.165, 1.54) is 0 Å². The minimum Gasteiger partial charge on any atom is -0.493 e. The van der Waals surface area contributed by atoms with E-state index in [2.05, 4.69) is 5.32 Å². The molecule has 0 aliphatic carbocycles. The molecule has 0 aliphatic rings. The number of carbonyl (C=O) groups excluding carboxylic acids is 1. The van der Waals surface area contributed by atoms with Crippen molar-refractivity contribution in [3.8, 4) is 5.75 Å². The number of aliphatic hydroxyl groups excluding tert-OH is 1. The molecule has 1 amide bonds. The van der Waals surface area contributed by atoms with Crippen molar-refractivity contribution in [3.63, 3.8) is 0 Å². The molecular formula is C14H19F2NO3. The normalized spacial score (nSPS) is 11.2. The largest absolute Gasteiger partial charge is 0.493 e. The van der Waals surface area contributed by atoms with Crippen LogP contribution in [0.1, 0.15) is 17.5 Å². The maximum Gasteiger partial charge on any atom is 0.287 e. The number of aryl methyl sites for hydroxylation is 2. The zero-order chi connectivity index (χ0) is 15.2. The van der Waals surface area contributed by atoms with Crippen LogP contribution in [0.4, 0.5) is 8.78 Å². The number of alkyl halides is 2. The third kappa shape index (κ3) is 5.97. The van der Waals surface area contributed by atoms with Crippen molar-refractivity contribution in [1.29, 1.82) is 0 Å². The molecule has 0 radical (unpaired) electrons. The molecule has 0 unspecified atom stereocenters. The first-order valence-corrected chi connectivity index (χ1v) is 6.29. The van der Waals surface area contributed by atoms with Crippen molar-refractivity contribution in [2.24, 2.45) is 0 Å². The first-order chi connectivity index (χ1) is 9.32. The number of rotatable bonds is 7. The van der Waals surface area contributed by atoms with E-state index in [4.69, 9.17) is 9.84 Å². The van der Waals surface area contributed by atoms with Gasteiger partial charge < -0.3 is 15.2 Å². The zero-order valence-electron chi connectivity index (χ0n) is 11.6. The van der Waals surface area contributed by atoms with E-state index in [9.17, 15) is 13.6 Å². The van der Waals surface area contributed by atoms with E-state index in [1.807, 2.05) is 32.0 Å². The van der Waals surface area contributed by atoms with E-state index < -0.39 is 25.0 Å². The Bertz CT molecular complexity index is 443. The van der Waals surface area contributed by atoms with Crippen LogP contribution in [0, 0.1) is 13.8 Å². The molecule has 0 fully saturated rings. The molecule has 6 heteroatoms. The molecule has 0 spiro atoms. The monoisotopic (exact) mass is 287 g/mol. The molecule has 1 rings (SSSR count). The predicted molar refractivity (Wildman–Crippen MR) is 71.1 cm³/mol. The van der Waals surface area contributed by atoms with Gasteiger partial charge in [-0.2, -0.15) is 0 Å². The highest BCUT2D eigenvalue weighted by molar-refractivity contribution is 5.76. The number of benzene rings is 1. The molecular weight excluding hydrogens is 268 g/mol. The molecule has 0 atom stereocenters. The number of nitrogens with one attached hydrogen (secondary N) is 1. The SMILES string of the molecule is Cc1cc(C)cc(OCCC(=O)NCC(F)(F)CO)c1.